The molecule has 1 saturated heterocycles. The minimum atomic E-state index is -0.467. The molecule has 0 unspecified atom stereocenters. The second-order valence-electron chi connectivity index (χ2n) is 7.07. The SMILES string of the molecule is O=C(Nc1ccc(CN2C(=O)CSC2=O)cc1)c1ccccc1C(=O)c1ccc(F)cc1. The van der Waals surface area contributed by atoms with Gasteiger partial charge >= 0.3 is 0 Å². The van der Waals surface area contributed by atoms with Gasteiger partial charge in [0.15, 0.2) is 5.78 Å². The van der Waals surface area contributed by atoms with Crippen LogP contribution >= 0.6 is 11.8 Å². The van der Waals surface area contributed by atoms with Crippen LogP contribution in [0.15, 0.2) is 72.8 Å². The summed E-state index contributed by atoms with van der Waals surface area (Å²) >= 11 is 0.979. The Hall–Kier alpha value is -3.78. The Morgan fingerprint density at radius 3 is 2.19 bits per heavy atom. The molecule has 1 heterocycles. The summed E-state index contributed by atoms with van der Waals surface area (Å²) in [5.74, 6) is -1.37. The second-order valence-corrected chi connectivity index (χ2v) is 7.99. The molecule has 160 valence electrons. The number of hydrogen-bond donors (Lipinski definition) is 1. The number of carbonyl (C=O) groups excluding carboxylic acids is 4. The summed E-state index contributed by atoms with van der Waals surface area (Å²) in [5, 5.41) is 2.48. The molecule has 1 aliphatic heterocycles. The van der Waals surface area contributed by atoms with Gasteiger partial charge in [0.2, 0.25) is 5.91 Å². The van der Waals surface area contributed by atoms with Crippen molar-refractivity contribution in [3.63, 3.8) is 0 Å². The molecule has 32 heavy (non-hydrogen) atoms. The lowest BCUT2D eigenvalue weighted by Crippen LogP contribution is -2.27. The van der Waals surface area contributed by atoms with E-state index in [9.17, 15) is 23.6 Å². The van der Waals surface area contributed by atoms with Crippen LogP contribution in [0.1, 0.15) is 31.8 Å². The van der Waals surface area contributed by atoms with E-state index in [1.807, 2.05) is 0 Å². The van der Waals surface area contributed by atoms with Gasteiger partial charge in [-0.15, -0.1) is 0 Å². The van der Waals surface area contributed by atoms with E-state index in [0.717, 1.165) is 17.3 Å². The van der Waals surface area contributed by atoms with Gasteiger partial charge in [-0.3, -0.25) is 24.1 Å². The summed E-state index contributed by atoms with van der Waals surface area (Å²) < 4.78 is 13.2. The maximum atomic E-state index is 13.2. The number of benzene rings is 3. The highest BCUT2D eigenvalue weighted by molar-refractivity contribution is 8.14. The quantitative estimate of drug-likeness (QED) is 0.561. The Labute approximate surface area is 187 Å². The van der Waals surface area contributed by atoms with Crippen LogP contribution in [0.5, 0.6) is 0 Å². The van der Waals surface area contributed by atoms with Crippen LogP contribution in [0, 0.1) is 5.82 Å². The van der Waals surface area contributed by atoms with Gasteiger partial charge in [0, 0.05) is 16.8 Å². The maximum absolute atomic E-state index is 13.2. The van der Waals surface area contributed by atoms with Crippen molar-refractivity contribution in [2.24, 2.45) is 0 Å². The third-order valence-corrected chi connectivity index (χ3v) is 5.77. The number of thioether (sulfide) groups is 1. The van der Waals surface area contributed by atoms with Crippen molar-refractivity contribution in [3.05, 3.63) is 101 Å². The molecule has 4 rings (SSSR count). The predicted molar refractivity (Wildman–Crippen MR) is 119 cm³/mol. The molecule has 1 aliphatic rings. The first-order chi connectivity index (χ1) is 15.4. The van der Waals surface area contributed by atoms with Crippen LogP contribution in [0.4, 0.5) is 14.9 Å². The van der Waals surface area contributed by atoms with E-state index in [0.29, 0.717) is 5.69 Å². The normalized spacial score (nSPS) is 13.3. The highest BCUT2D eigenvalue weighted by Gasteiger charge is 2.29. The fraction of sp³-hybridized carbons (Fsp3) is 0.0833. The molecular weight excluding hydrogens is 431 g/mol. The van der Waals surface area contributed by atoms with Crippen LogP contribution in [0.2, 0.25) is 0 Å². The third-order valence-electron chi connectivity index (χ3n) is 4.92. The molecule has 0 spiro atoms. The number of ketones is 1. The minimum absolute atomic E-state index is 0.156. The van der Waals surface area contributed by atoms with E-state index in [1.165, 1.54) is 29.2 Å². The molecule has 3 aromatic carbocycles. The van der Waals surface area contributed by atoms with Crippen molar-refractivity contribution < 1.29 is 23.6 Å². The fourth-order valence-corrected chi connectivity index (χ4v) is 3.97. The number of amides is 3. The molecule has 3 aromatic rings. The molecular formula is C24H17FN2O4S. The lowest BCUT2D eigenvalue weighted by Gasteiger charge is -2.13. The summed E-state index contributed by atoms with van der Waals surface area (Å²) in [6.45, 7) is 0.175. The Balaban J connectivity index is 1.48. The Kier molecular flexibility index (Phi) is 6.13. The standard InChI is InChI=1S/C24H17FN2O4S/c25-17-9-7-16(8-10-17)22(29)19-3-1-2-4-20(19)23(30)26-18-11-5-15(6-12-18)13-27-21(28)14-32-24(27)31/h1-12H,13-14H2,(H,26,30). The van der Waals surface area contributed by atoms with Gasteiger partial charge in [-0.2, -0.15) is 0 Å². The molecule has 3 amide bonds. The van der Waals surface area contributed by atoms with Crippen molar-refractivity contribution >= 4 is 40.3 Å². The average molecular weight is 448 g/mol. The Morgan fingerprint density at radius 1 is 0.906 bits per heavy atom. The molecule has 1 N–H and O–H groups in total. The molecule has 0 atom stereocenters. The molecule has 1 fully saturated rings. The van der Waals surface area contributed by atoms with Gasteiger partial charge < -0.3 is 5.32 Å². The molecule has 0 radical (unpaired) electrons. The van der Waals surface area contributed by atoms with Gasteiger partial charge in [-0.1, -0.05) is 42.1 Å². The Bertz CT molecular complexity index is 1190. The zero-order valence-corrected chi connectivity index (χ0v) is 17.5. The van der Waals surface area contributed by atoms with Crippen LogP contribution in [-0.2, 0) is 11.3 Å². The monoisotopic (exact) mass is 448 g/mol. The number of imide groups is 1. The first-order valence-corrected chi connectivity index (χ1v) is 10.7. The zero-order valence-electron chi connectivity index (χ0n) is 16.7. The van der Waals surface area contributed by atoms with Crippen molar-refractivity contribution in [3.8, 4) is 0 Å². The van der Waals surface area contributed by atoms with Gasteiger partial charge in [-0.25, -0.2) is 4.39 Å². The Morgan fingerprint density at radius 2 is 1.56 bits per heavy atom. The number of nitrogens with one attached hydrogen (secondary N) is 1. The van der Waals surface area contributed by atoms with E-state index in [-0.39, 0.29) is 45.9 Å². The summed E-state index contributed by atoms with van der Waals surface area (Å²) in [6, 6.07) is 18.3. The second kappa shape index (κ2) is 9.15. The van der Waals surface area contributed by atoms with Gasteiger partial charge in [0.1, 0.15) is 5.82 Å². The molecule has 8 heteroatoms. The molecule has 0 saturated carbocycles. The third kappa shape index (κ3) is 4.60. The van der Waals surface area contributed by atoms with Crippen molar-refractivity contribution in [1.29, 1.82) is 0 Å². The highest BCUT2D eigenvalue weighted by atomic mass is 32.2. The number of nitrogens with zero attached hydrogens (tertiary/aromatic N) is 1. The van der Waals surface area contributed by atoms with Crippen LogP contribution in [-0.4, -0.2) is 33.5 Å². The van der Waals surface area contributed by atoms with Gasteiger partial charge in [0.25, 0.3) is 11.1 Å². The lowest BCUT2D eigenvalue weighted by molar-refractivity contribution is -0.125. The summed E-state index contributed by atoms with van der Waals surface area (Å²) in [7, 11) is 0. The number of hydrogen-bond acceptors (Lipinski definition) is 5. The van der Waals surface area contributed by atoms with E-state index in [4.69, 9.17) is 0 Å². The topological polar surface area (TPSA) is 83.6 Å². The summed E-state index contributed by atoms with van der Waals surface area (Å²) in [5.41, 5.74) is 1.92. The van der Waals surface area contributed by atoms with Crippen LogP contribution in [0.25, 0.3) is 0 Å². The smallest absolute Gasteiger partial charge is 0.289 e. The van der Waals surface area contributed by atoms with E-state index in [1.54, 1.807) is 48.5 Å². The minimum Gasteiger partial charge on any atom is -0.322 e. The summed E-state index contributed by atoms with van der Waals surface area (Å²) in [6.07, 6.45) is 0. The van der Waals surface area contributed by atoms with E-state index >= 15 is 0 Å². The van der Waals surface area contributed by atoms with Crippen LogP contribution < -0.4 is 5.32 Å². The van der Waals surface area contributed by atoms with E-state index in [2.05, 4.69) is 5.32 Å². The largest absolute Gasteiger partial charge is 0.322 e. The van der Waals surface area contributed by atoms with Gasteiger partial charge in [0.05, 0.1) is 17.9 Å². The number of anilines is 1. The highest BCUT2D eigenvalue weighted by Crippen LogP contribution is 2.22. The van der Waals surface area contributed by atoms with Crippen LogP contribution in [0.3, 0.4) is 0 Å². The van der Waals surface area contributed by atoms with Crippen molar-refractivity contribution in [2.75, 3.05) is 11.1 Å². The number of carbonyl (C=O) groups is 4. The number of rotatable bonds is 6. The molecule has 0 bridgehead atoms. The van der Waals surface area contributed by atoms with Crippen molar-refractivity contribution in [2.45, 2.75) is 6.54 Å². The summed E-state index contributed by atoms with van der Waals surface area (Å²) in [4.78, 5) is 50.3. The van der Waals surface area contributed by atoms with Crippen molar-refractivity contribution in [1.82, 2.24) is 4.90 Å². The molecule has 0 aliphatic carbocycles. The predicted octanol–water partition coefficient (Wildman–Crippen LogP) is 4.50. The lowest BCUT2D eigenvalue weighted by atomic mass is 9.98. The molecule has 6 nitrogen and oxygen atoms in total. The fourth-order valence-electron chi connectivity index (χ4n) is 3.24. The van der Waals surface area contributed by atoms with E-state index < -0.39 is 11.7 Å². The molecule has 0 aromatic heterocycles. The number of halogens is 1. The maximum Gasteiger partial charge on any atom is 0.289 e. The zero-order chi connectivity index (χ0) is 22.7. The van der Waals surface area contributed by atoms with Gasteiger partial charge in [-0.05, 0) is 48.0 Å². The first kappa shape index (κ1) is 21.5. The average Bonchev–Trinajstić information content (AvgIpc) is 3.12. The first-order valence-electron chi connectivity index (χ1n) is 9.69.